The third-order valence-electron chi connectivity index (χ3n) is 3.50. The van der Waals surface area contributed by atoms with E-state index < -0.39 is 10.0 Å². The van der Waals surface area contributed by atoms with E-state index in [0.717, 1.165) is 31.6 Å². The average molecular weight is 298 g/mol. The highest BCUT2D eigenvalue weighted by Crippen LogP contribution is 2.17. The van der Waals surface area contributed by atoms with Gasteiger partial charge in [0.05, 0.1) is 4.90 Å². The number of sulfonamides is 1. The molecule has 5 nitrogen and oxygen atoms in total. The van der Waals surface area contributed by atoms with Gasteiger partial charge in [-0.25, -0.2) is 13.1 Å². The Bertz CT molecular complexity index is 525. The Labute approximate surface area is 120 Å². The molecular formula is C14H22N2O3S. The second-order valence-electron chi connectivity index (χ2n) is 5.05. The third-order valence-corrected chi connectivity index (χ3v) is 5.06. The zero-order valence-corrected chi connectivity index (χ0v) is 12.6. The number of benzene rings is 1. The molecule has 1 aliphatic rings. The first kappa shape index (κ1) is 15.4. The van der Waals surface area contributed by atoms with Crippen LogP contribution in [0.15, 0.2) is 29.2 Å². The van der Waals surface area contributed by atoms with Gasteiger partial charge in [-0.05, 0) is 37.4 Å². The van der Waals surface area contributed by atoms with Crippen LogP contribution in [0.4, 0.5) is 0 Å². The van der Waals surface area contributed by atoms with E-state index in [1.165, 1.54) is 0 Å². The van der Waals surface area contributed by atoms with Gasteiger partial charge in [0.15, 0.2) is 0 Å². The molecule has 1 saturated heterocycles. The van der Waals surface area contributed by atoms with Crippen molar-refractivity contribution in [2.24, 2.45) is 5.92 Å². The van der Waals surface area contributed by atoms with Gasteiger partial charge in [-0.3, -0.25) is 0 Å². The van der Waals surface area contributed by atoms with Crippen LogP contribution in [-0.2, 0) is 21.3 Å². The highest BCUT2D eigenvalue weighted by atomic mass is 32.2. The van der Waals surface area contributed by atoms with Crippen LogP contribution in [0.3, 0.4) is 0 Å². The maximum atomic E-state index is 12.3. The van der Waals surface area contributed by atoms with E-state index in [4.69, 9.17) is 4.74 Å². The molecule has 1 aliphatic heterocycles. The second kappa shape index (κ2) is 7.17. The Kier molecular flexibility index (Phi) is 5.54. The summed E-state index contributed by atoms with van der Waals surface area (Å²) in [7, 11) is -1.63. The number of hydrogen-bond donors (Lipinski definition) is 2. The minimum Gasteiger partial charge on any atom is -0.381 e. The van der Waals surface area contributed by atoms with Crippen LogP contribution in [0.1, 0.15) is 18.4 Å². The molecule has 0 bridgehead atoms. The molecule has 6 heteroatoms. The molecule has 0 amide bonds. The number of hydrogen-bond acceptors (Lipinski definition) is 4. The Morgan fingerprint density at radius 1 is 1.35 bits per heavy atom. The van der Waals surface area contributed by atoms with Crippen molar-refractivity contribution in [3.8, 4) is 0 Å². The molecule has 0 spiro atoms. The fourth-order valence-corrected chi connectivity index (χ4v) is 3.67. The molecule has 1 fully saturated rings. The summed E-state index contributed by atoms with van der Waals surface area (Å²) in [5.74, 6) is 0.477. The van der Waals surface area contributed by atoms with Crippen molar-refractivity contribution >= 4 is 10.0 Å². The molecule has 1 heterocycles. The fraction of sp³-hybridized carbons (Fsp3) is 0.571. The molecule has 112 valence electrons. The molecule has 0 saturated carbocycles. The van der Waals surface area contributed by atoms with Crippen LogP contribution in [0.2, 0.25) is 0 Å². The summed E-state index contributed by atoms with van der Waals surface area (Å²) in [6.07, 6.45) is 1.85. The topological polar surface area (TPSA) is 67.4 Å². The van der Waals surface area contributed by atoms with Crippen molar-refractivity contribution in [1.29, 1.82) is 0 Å². The van der Waals surface area contributed by atoms with Gasteiger partial charge in [0.2, 0.25) is 10.0 Å². The van der Waals surface area contributed by atoms with Crippen molar-refractivity contribution in [2.75, 3.05) is 26.8 Å². The number of ether oxygens (including phenoxy) is 1. The maximum absolute atomic E-state index is 12.3. The van der Waals surface area contributed by atoms with Gasteiger partial charge in [-0.15, -0.1) is 0 Å². The maximum Gasteiger partial charge on any atom is 0.240 e. The van der Waals surface area contributed by atoms with Crippen molar-refractivity contribution in [2.45, 2.75) is 24.3 Å². The zero-order chi connectivity index (χ0) is 14.4. The van der Waals surface area contributed by atoms with Gasteiger partial charge in [-0.1, -0.05) is 18.2 Å². The first-order valence-corrected chi connectivity index (χ1v) is 8.41. The van der Waals surface area contributed by atoms with Crippen LogP contribution < -0.4 is 10.0 Å². The van der Waals surface area contributed by atoms with Gasteiger partial charge < -0.3 is 10.1 Å². The van der Waals surface area contributed by atoms with E-state index in [1.807, 2.05) is 12.1 Å². The minimum atomic E-state index is -3.44. The summed E-state index contributed by atoms with van der Waals surface area (Å²) in [5, 5.41) is 2.99. The second-order valence-corrected chi connectivity index (χ2v) is 6.79. The van der Waals surface area contributed by atoms with Crippen LogP contribution in [0, 0.1) is 5.92 Å². The fourth-order valence-electron chi connectivity index (χ4n) is 2.39. The standard InChI is InChI=1S/C14H22N2O3S/c1-15-10-13-4-2-3-5-14(13)20(17,18)16-8-6-12-7-9-19-11-12/h2-5,12,15-16H,6-11H2,1H3. The molecular weight excluding hydrogens is 276 g/mol. The smallest absolute Gasteiger partial charge is 0.240 e. The molecule has 1 aromatic carbocycles. The first-order valence-electron chi connectivity index (χ1n) is 6.93. The molecule has 1 unspecified atom stereocenters. The van der Waals surface area contributed by atoms with E-state index >= 15 is 0 Å². The molecule has 0 aromatic heterocycles. The predicted molar refractivity (Wildman–Crippen MR) is 77.9 cm³/mol. The lowest BCUT2D eigenvalue weighted by Crippen LogP contribution is -2.27. The molecule has 2 rings (SSSR count). The van der Waals surface area contributed by atoms with Crippen LogP contribution in [0.25, 0.3) is 0 Å². The van der Waals surface area contributed by atoms with E-state index in [0.29, 0.717) is 23.9 Å². The highest BCUT2D eigenvalue weighted by Gasteiger charge is 2.19. The summed E-state index contributed by atoms with van der Waals surface area (Å²) in [5.41, 5.74) is 0.784. The van der Waals surface area contributed by atoms with Crippen molar-refractivity contribution in [3.05, 3.63) is 29.8 Å². The largest absolute Gasteiger partial charge is 0.381 e. The van der Waals surface area contributed by atoms with Gasteiger partial charge in [-0.2, -0.15) is 0 Å². The Hall–Kier alpha value is -0.950. The number of rotatable bonds is 7. The van der Waals surface area contributed by atoms with E-state index in [1.54, 1.807) is 19.2 Å². The highest BCUT2D eigenvalue weighted by molar-refractivity contribution is 7.89. The average Bonchev–Trinajstić information content (AvgIpc) is 2.92. The van der Waals surface area contributed by atoms with E-state index in [9.17, 15) is 8.42 Å². The van der Waals surface area contributed by atoms with Crippen LogP contribution >= 0.6 is 0 Å². The first-order chi connectivity index (χ1) is 9.63. The zero-order valence-electron chi connectivity index (χ0n) is 11.8. The molecule has 20 heavy (non-hydrogen) atoms. The molecule has 2 N–H and O–H groups in total. The lowest BCUT2D eigenvalue weighted by molar-refractivity contribution is 0.184. The quantitative estimate of drug-likeness (QED) is 0.791. The normalized spacial score (nSPS) is 19.4. The summed E-state index contributed by atoms with van der Waals surface area (Å²) in [6, 6.07) is 7.07. The van der Waals surface area contributed by atoms with Gasteiger partial charge in [0.1, 0.15) is 0 Å². The Balaban J connectivity index is 1.98. The van der Waals surface area contributed by atoms with Crippen molar-refractivity contribution in [3.63, 3.8) is 0 Å². The summed E-state index contributed by atoms with van der Waals surface area (Å²) < 4.78 is 32.6. The minimum absolute atomic E-state index is 0.358. The predicted octanol–water partition coefficient (Wildman–Crippen LogP) is 1.11. The van der Waals surface area contributed by atoms with Crippen LogP contribution in [0.5, 0.6) is 0 Å². The SMILES string of the molecule is CNCc1ccccc1S(=O)(=O)NCCC1CCOC1. The lowest BCUT2D eigenvalue weighted by atomic mass is 10.1. The molecule has 0 aliphatic carbocycles. The lowest BCUT2D eigenvalue weighted by Gasteiger charge is -2.12. The van der Waals surface area contributed by atoms with Gasteiger partial charge in [0.25, 0.3) is 0 Å². The summed E-state index contributed by atoms with van der Waals surface area (Å²) in [4.78, 5) is 0.358. The molecule has 1 atom stereocenters. The molecule has 1 aromatic rings. The Morgan fingerprint density at radius 3 is 2.85 bits per heavy atom. The van der Waals surface area contributed by atoms with Gasteiger partial charge >= 0.3 is 0 Å². The summed E-state index contributed by atoms with van der Waals surface area (Å²) in [6.45, 7) is 2.54. The van der Waals surface area contributed by atoms with Gasteiger partial charge in [0, 0.05) is 26.3 Å². The van der Waals surface area contributed by atoms with Crippen molar-refractivity contribution in [1.82, 2.24) is 10.0 Å². The van der Waals surface area contributed by atoms with Crippen LogP contribution in [-0.4, -0.2) is 35.2 Å². The Morgan fingerprint density at radius 2 is 2.15 bits per heavy atom. The summed E-state index contributed by atoms with van der Waals surface area (Å²) >= 11 is 0. The third kappa shape index (κ3) is 4.02. The van der Waals surface area contributed by atoms with E-state index in [-0.39, 0.29) is 0 Å². The van der Waals surface area contributed by atoms with Crippen molar-refractivity contribution < 1.29 is 13.2 Å². The van der Waals surface area contributed by atoms with E-state index in [2.05, 4.69) is 10.0 Å². The number of nitrogens with one attached hydrogen (secondary N) is 2. The molecule has 0 radical (unpaired) electrons. The monoisotopic (exact) mass is 298 g/mol.